The van der Waals surface area contributed by atoms with Crippen molar-refractivity contribution in [1.82, 2.24) is 0 Å². The van der Waals surface area contributed by atoms with Crippen LogP contribution in [0, 0.1) is 6.92 Å². The molecule has 0 amide bonds. The molecule has 1 aliphatic carbocycles. The van der Waals surface area contributed by atoms with E-state index in [2.05, 4.69) is 55.5 Å². The second kappa shape index (κ2) is 3.14. The Bertz CT molecular complexity index is 800. The SMILES string of the molecule is Cc1cc2cccc3c2c(c1N)-c1ccccc1-3. The number of rotatable bonds is 0. The number of fused-ring (bicyclic) bond motifs is 3. The van der Waals surface area contributed by atoms with Gasteiger partial charge in [-0.05, 0) is 46.0 Å². The third-order valence-electron chi connectivity index (χ3n) is 3.90. The monoisotopic (exact) mass is 231 g/mol. The first-order valence-corrected chi connectivity index (χ1v) is 6.19. The van der Waals surface area contributed by atoms with E-state index >= 15 is 0 Å². The Balaban J connectivity index is 2.33. The Kier molecular flexibility index (Phi) is 1.69. The van der Waals surface area contributed by atoms with Crippen LogP contribution >= 0.6 is 0 Å². The summed E-state index contributed by atoms with van der Waals surface area (Å²) in [6.45, 7) is 2.08. The van der Waals surface area contributed by atoms with Gasteiger partial charge in [-0.15, -0.1) is 0 Å². The molecular weight excluding hydrogens is 218 g/mol. The zero-order chi connectivity index (χ0) is 12.3. The van der Waals surface area contributed by atoms with Crippen molar-refractivity contribution in [2.45, 2.75) is 6.92 Å². The van der Waals surface area contributed by atoms with E-state index in [1.165, 1.54) is 33.0 Å². The van der Waals surface area contributed by atoms with Gasteiger partial charge in [0.15, 0.2) is 0 Å². The fourth-order valence-electron chi connectivity index (χ4n) is 3.05. The molecule has 1 aliphatic rings. The minimum absolute atomic E-state index is 0.917. The quantitative estimate of drug-likeness (QED) is 0.446. The Labute approximate surface area is 106 Å². The maximum atomic E-state index is 6.31. The molecule has 0 saturated heterocycles. The Hall–Kier alpha value is -2.28. The van der Waals surface area contributed by atoms with Gasteiger partial charge in [0.05, 0.1) is 0 Å². The number of aryl methyl sites for hydroxylation is 1. The van der Waals surface area contributed by atoms with E-state index in [1.807, 2.05) is 0 Å². The summed E-state index contributed by atoms with van der Waals surface area (Å²) in [6.07, 6.45) is 0. The van der Waals surface area contributed by atoms with E-state index < -0.39 is 0 Å². The highest BCUT2D eigenvalue weighted by molar-refractivity contribution is 6.18. The van der Waals surface area contributed by atoms with Crippen molar-refractivity contribution in [3.05, 3.63) is 54.1 Å². The van der Waals surface area contributed by atoms with Gasteiger partial charge in [-0.25, -0.2) is 0 Å². The molecule has 0 bridgehead atoms. The van der Waals surface area contributed by atoms with Crippen molar-refractivity contribution < 1.29 is 0 Å². The molecule has 0 heterocycles. The van der Waals surface area contributed by atoms with Gasteiger partial charge in [0.25, 0.3) is 0 Å². The van der Waals surface area contributed by atoms with E-state index in [0.29, 0.717) is 0 Å². The molecule has 0 saturated carbocycles. The lowest BCUT2D eigenvalue weighted by atomic mass is 9.98. The van der Waals surface area contributed by atoms with E-state index in [9.17, 15) is 0 Å². The molecule has 1 heteroatoms. The molecule has 0 unspecified atom stereocenters. The van der Waals surface area contributed by atoms with Gasteiger partial charge in [-0.1, -0.05) is 42.5 Å². The maximum Gasteiger partial charge on any atom is 0.0430 e. The van der Waals surface area contributed by atoms with Crippen LogP contribution in [0.4, 0.5) is 5.69 Å². The zero-order valence-corrected chi connectivity index (χ0v) is 10.2. The smallest absolute Gasteiger partial charge is 0.0430 e. The number of nitrogen functional groups attached to an aromatic ring is 1. The Morgan fingerprint density at radius 3 is 2.39 bits per heavy atom. The molecule has 3 aromatic carbocycles. The lowest BCUT2D eigenvalue weighted by Crippen LogP contribution is -1.93. The largest absolute Gasteiger partial charge is 0.398 e. The van der Waals surface area contributed by atoms with Crippen molar-refractivity contribution in [2.24, 2.45) is 0 Å². The summed E-state index contributed by atoms with van der Waals surface area (Å²) in [7, 11) is 0. The fourth-order valence-corrected chi connectivity index (χ4v) is 3.05. The standard InChI is InChI=1S/C17H13N/c1-10-9-11-5-4-8-13-12-6-2-3-7-14(12)16(15(11)13)17(10)18/h2-9H,18H2,1H3. The first-order chi connectivity index (χ1) is 8.77. The van der Waals surface area contributed by atoms with Crippen molar-refractivity contribution in [3.8, 4) is 22.3 Å². The minimum Gasteiger partial charge on any atom is -0.398 e. The average Bonchev–Trinajstić information content (AvgIpc) is 2.73. The summed E-state index contributed by atoms with van der Waals surface area (Å²) in [5.41, 5.74) is 13.5. The average molecular weight is 231 g/mol. The van der Waals surface area contributed by atoms with Gasteiger partial charge in [0.1, 0.15) is 0 Å². The van der Waals surface area contributed by atoms with Gasteiger partial charge in [0, 0.05) is 11.3 Å². The van der Waals surface area contributed by atoms with Crippen molar-refractivity contribution in [3.63, 3.8) is 0 Å². The fraction of sp³-hybridized carbons (Fsp3) is 0.0588. The predicted octanol–water partition coefficient (Wildman–Crippen LogP) is 4.38. The van der Waals surface area contributed by atoms with Crippen molar-refractivity contribution >= 4 is 16.5 Å². The summed E-state index contributed by atoms with van der Waals surface area (Å²) in [5, 5.41) is 2.59. The molecule has 4 rings (SSSR count). The molecule has 0 fully saturated rings. The molecule has 0 aliphatic heterocycles. The van der Waals surface area contributed by atoms with Crippen LogP contribution in [-0.4, -0.2) is 0 Å². The van der Waals surface area contributed by atoms with Gasteiger partial charge >= 0.3 is 0 Å². The molecule has 86 valence electrons. The molecular formula is C17H13N. The summed E-state index contributed by atoms with van der Waals surface area (Å²) >= 11 is 0. The molecule has 0 atom stereocenters. The van der Waals surface area contributed by atoms with E-state index in [4.69, 9.17) is 5.73 Å². The number of benzene rings is 3. The highest BCUT2D eigenvalue weighted by Gasteiger charge is 2.23. The minimum atomic E-state index is 0.917. The third kappa shape index (κ3) is 1.02. The van der Waals surface area contributed by atoms with Crippen LogP contribution in [0.3, 0.4) is 0 Å². The predicted molar refractivity (Wildman–Crippen MR) is 77.5 cm³/mol. The second-order valence-electron chi connectivity index (χ2n) is 4.93. The number of hydrogen-bond acceptors (Lipinski definition) is 1. The number of hydrogen-bond donors (Lipinski definition) is 1. The molecule has 3 aromatic rings. The zero-order valence-electron chi connectivity index (χ0n) is 10.2. The van der Waals surface area contributed by atoms with E-state index in [1.54, 1.807) is 0 Å². The molecule has 0 aromatic heterocycles. The van der Waals surface area contributed by atoms with Gasteiger partial charge in [0.2, 0.25) is 0 Å². The van der Waals surface area contributed by atoms with Crippen LogP contribution in [0.5, 0.6) is 0 Å². The number of nitrogens with two attached hydrogens (primary N) is 1. The third-order valence-corrected chi connectivity index (χ3v) is 3.90. The first kappa shape index (κ1) is 9.72. The Morgan fingerprint density at radius 2 is 1.56 bits per heavy atom. The number of anilines is 1. The topological polar surface area (TPSA) is 26.0 Å². The van der Waals surface area contributed by atoms with Crippen molar-refractivity contribution in [1.29, 1.82) is 0 Å². The van der Waals surface area contributed by atoms with Crippen LogP contribution in [0.25, 0.3) is 33.0 Å². The van der Waals surface area contributed by atoms with E-state index in [-0.39, 0.29) is 0 Å². The van der Waals surface area contributed by atoms with Gasteiger partial charge < -0.3 is 5.73 Å². The maximum absolute atomic E-state index is 6.31. The molecule has 2 N–H and O–H groups in total. The van der Waals surface area contributed by atoms with Gasteiger partial charge in [-0.2, -0.15) is 0 Å². The first-order valence-electron chi connectivity index (χ1n) is 6.19. The van der Waals surface area contributed by atoms with Crippen LogP contribution in [-0.2, 0) is 0 Å². The Morgan fingerprint density at radius 1 is 0.833 bits per heavy atom. The highest BCUT2D eigenvalue weighted by Crippen LogP contribution is 2.50. The molecule has 0 spiro atoms. The normalized spacial score (nSPS) is 11.8. The lowest BCUT2D eigenvalue weighted by molar-refractivity contribution is 1.50. The molecule has 1 nitrogen and oxygen atoms in total. The summed E-state index contributed by atoms with van der Waals surface area (Å²) in [6, 6.07) is 17.2. The van der Waals surface area contributed by atoms with Crippen molar-refractivity contribution in [2.75, 3.05) is 5.73 Å². The highest BCUT2D eigenvalue weighted by atomic mass is 14.6. The van der Waals surface area contributed by atoms with Crippen LogP contribution < -0.4 is 5.73 Å². The summed E-state index contributed by atoms with van der Waals surface area (Å²) in [5.74, 6) is 0. The van der Waals surface area contributed by atoms with Crippen LogP contribution in [0.1, 0.15) is 5.56 Å². The summed E-state index contributed by atoms with van der Waals surface area (Å²) < 4.78 is 0. The van der Waals surface area contributed by atoms with E-state index in [0.717, 1.165) is 11.3 Å². The van der Waals surface area contributed by atoms with Gasteiger partial charge in [-0.3, -0.25) is 0 Å². The van der Waals surface area contributed by atoms with Crippen LogP contribution in [0.15, 0.2) is 48.5 Å². The summed E-state index contributed by atoms with van der Waals surface area (Å²) in [4.78, 5) is 0. The molecule has 18 heavy (non-hydrogen) atoms. The lowest BCUT2D eigenvalue weighted by Gasteiger charge is -2.09. The molecule has 0 radical (unpaired) electrons. The second-order valence-corrected chi connectivity index (χ2v) is 4.93. The van der Waals surface area contributed by atoms with Crippen LogP contribution in [0.2, 0.25) is 0 Å².